The van der Waals surface area contributed by atoms with Gasteiger partial charge in [-0.1, -0.05) is 32.6 Å². The van der Waals surface area contributed by atoms with Crippen LogP contribution in [0.3, 0.4) is 0 Å². The Labute approximate surface area is 164 Å². The quantitative estimate of drug-likeness (QED) is 0.687. The van der Waals surface area contributed by atoms with Gasteiger partial charge < -0.3 is 4.74 Å². The fourth-order valence-corrected chi connectivity index (χ4v) is 3.19. The van der Waals surface area contributed by atoms with E-state index in [-0.39, 0.29) is 5.56 Å². The molecule has 3 aromatic heterocycles. The lowest BCUT2D eigenvalue weighted by Crippen LogP contribution is -2.22. The summed E-state index contributed by atoms with van der Waals surface area (Å²) >= 11 is 0. The molecular formula is C21H27N5O2. The van der Waals surface area contributed by atoms with Gasteiger partial charge in [-0.25, -0.2) is 19.9 Å². The molecule has 4 rings (SSSR count). The van der Waals surface area contributed by atoms with Crippen molar-refractivity contribution < 1.29 is 4.74 Å². The molecule has 0 bridgehead atoms. The molecule has 0 spiro atoms. The molecule has 28 heavy (non-hydrogen) atoms. The molecule has 0 amide bonds. The Morgan fingerprint density at radius 1 is 1.14 bits per heavy atom. The van der Waals surface area contributed by atoms with Crippen LogP contribution in [0.5, 0.6) is 5.88 Å². The first-order valence-corrected chi connectivity index (χ1v) is 9.66. The molecule has 7 heteroatoms. The number of hydrogen-bond acceptors (Lipinski definition) is 6. The van der Waals surface area contributed by atoms with E-state index in [9.17, 15) is 4.79 Å². The zero-order chi connectivity index (χ0) is 20.3. The standard InChI is InChI=1S/C15H15N5O2.C6H12/c1-8-10(5-6-11(18-8)22-4)12-13-14(17-7-16-12)20(3)15(21)9(2)19-13;1-2-3-6-4-5-6/h5-7H,1-4H3;6H,2-5H2,1H3. The zero-order valence-electron chi connectivity index (χ0n) is 17.2. The van der Waals surface area contributed by atoms with Crippen LogP contribution in [0.2, 0.25) is 0 Å². The number of nitrogens with zero attached hydrogens (tertiary/aromatic N) is 5. The van der Waals surface area contributed by atoms with Gasteiger partial charge in [-0.15, -0.1) is 0 Å². The second kappa shape index (κ2) is 8.46. The molecule has 7 nitrogen and oxygen atoms in total. The molecule has 0 unspecified atom stereocenters. The number of methoxy groups -OCH3 is 1. The maximum atomic E-state index is 12.0. The summed E-state index contributed by atoms with van der Waals surface area (Å²) < 4.78 is 6.60. The van der Waals surface area contributed by atoms with Crippen molar-refractivity contribution in [2.24, 2.45) is 13.0 Å². The van der Waals surface area contributed by atoms with Crippen molar-refractivity contribution in [3.63, 3.8) is 0 Å². The molecule has 0 aromatic carbocycles. The van der Waals surface area contributed by atoms with Crippen molar-refractivity contribution in [2.75, 3.05) is 7.11 Å². The fraction of sp³-hybridized carbons (Fsp3) is 0.476. The van der Waals surface area contributed by atoms with Crippen molar-refractivity contribution in [2.45, 2.75) is 46.5 Å². The third kappa shape index (κ3) is 4.18. The predicted octanol–water partition coefficient (Wildman–Crippen LogP) is 3.61. The summed E-state index contributed by atoms with van der Waals surface area (Å²) in [5, 5.41) is 0. The molecule has 0 N–H and O–H groups in total. The molecule has 0 aliphatic heterocycles. The zero-order valence-corrected chi connectivity index (χ0v) is 17.2. The van der Waals surface area contributed by atoms with Gasteiger partial charge in [-0.05, 0) is 25.8 Å². The number of rotatable bonds is 4. The van der Waals surface area contributed by atoms with Crippen molar-refractivity contribution in [1.82, 2.24) is 24.5 Å². The molecule has 1 saturated carbocycles. The van der Waals surface area contributed by atoms with Crippen LogP contribution >= 0.6 is 0 Å². The maximum Gasteiger partial charge on any atom is 0.273 e. The number of hydrogen-bond donors (Lipinski definition) is 0. The van der Waals surface area contributed by atoms with E-state index in [1.165, 1.54) is 36.6 Å². The lowest BCUT2D eigenvalue weighted by atomic mass is 10.1. The van der Waals surface area contributed by atoms with E-state index in [2.05, 4.69) is 26.9 Å². The van der Waals surface area contributed by atoms with E-state index < -0.39 is 0 Å². The van der Waals surface area contributed by atoms with Crippen molar-refractivity contribution in [3.8, 4) is 17.1 Å². The van der Waals surface area contributed by atoms with Crippen LogP contribution in [0, 0.1) is 19.8 Å². The Kier molecular flexibility index (Phi) is 6.02. The highest BCUT2D eigenvalue weighted by molar-refractivity contribution is 5.87. The topological polar surface area (TPSA) is 82.8 Å². The Hall–Kier alpha value is -2.83. The average molecular weight is 381 g/mol. The maximum absolute atomic E-state index is 12.0. The summed E-state index contributed by atoms with van der Waals surface area (Å²) in [4.78, 5) is 29.2. The number of aryl methyl sites for hydroxylation is 3. The van der Waals surface area contributed by atoms with Gasteiger partial charge in [0.25, 0.3) is 5.56 Å². The van der Waals surface area contributed by atoms with E-state index in [4.69, 9.17) is 4.74 Å². The summed E-state index contributed by atoms with van der Waals surface area (Å²) in [7, 11) is 3.25. The Morgan fingerprint density at radius 3 is 2.46 bits per heavy atom. The molecule has 3 heterocycles. The number of aromatic nitrogens is 5. The van der Waals surface area contributed by atoms with E-state index in [1.807, 2.05) is 13.0 Å². The fourth-order valence-electron chi connectivity index (χ4n) is 3.19. The lowest BCUT2D eigenvalue weighted by Gasteiger charge is -2.10. The Bertz CT molecular complexity index is 1040. The summed E-state index contributed by atoms with van der Waals surface area (Å²) in [6.07, 6.45) is 7.35. The molecule has 1 aliphatic carbocycles. The van der Waals surface area contributed by atoms with Crippen LogP contribution < -0.4 is 10.3 Å². The molecule has 0 atom stereocenters. The van der Waals surface area contributed by atoms with E-state index in [0.717, 1.165) is 17.2 Å². The van der Waals surface area contributed by atoms with Crippen molar-refractivity contribution >= 4 is 11.2 Å². The third-order valence-corrected chi connectivity index (χ3v) is 4.93. The smallest absolute Gasteiger partial charge is 0.273 e. The Balaban J connectivity index is 0.000000320. The largest absolute Gasteiger partial charge is 0.481 e. The SMILES string of the molecule is CCCC1CC1.COc1ccc(-c2ncnc3c2nc(C)c(=O)n3C)c(C)n1. The van der Waals surface area contributed by atoms with Gasteiger partial charge in [0, 0.05) is 18.7 Å². The number of pyridine rings is 1. The minimum atomic E-state index is -0.165. The van der Waals surface area contributed by atoms with Gasteiger partial charge in [0.2, 0.25) is 5.88 Å². The minimum Gasteiger partial charge on any atom is -0.481 e. The first-order chi connectivity index (χ1) is 13.5. The van der Waals surface area contributed by atoms with E-state index in [1.54, 1.807) is 27.1 Å². The second-order valence-corrected chi connectivity index (χ2v) is 7.17. The van der Waals surface area contributed by atoms with Gasteiger partial charge in [0.05, 0.1) is 12.8 Å². The molecule has 148 valence electrons. The molecule has 0 saturated heterocycles. The molecule has 3 aromatic rings. The number of ether oxygens (including phenoxy) is 1. The molecular weight excluding hydrogens is 354 g/mol. The molecule has 0 radical (unpaired) electrons. The summed E-state index contributed by atoms with van der Waals surface area (Å²) in [5.41, 5.74) is 3.57. The van der Waals surface area contributed by atoms with E-state index in [0.29, 0.717) is 28.4 Å². The van der Waals surface area contributed by atoms with Gasteiger partial charge in [0.1, 0.15) is 23.2 Å². The highest BCUT2D eigenvalue weighted by atomic mass is 16.5. The van der Waals surface area contributed by atoms with Crippen LogP contribution in [0.1, 0.15) is 44.0 Å². The van der Waals surface area contributed by atoms with Crippen LogP contribution in [0.25, 0.3) is 22.4 Å². The summed E-state index contributed by atoms with van der Waals surface area (Å²) in [6, 6.07) is 3.65. The predicted molar refractivity (Wildman–Crippen MR) is 109 cm³/mol. The molecule has 1 aliphatic rings. The summed E-state index contributed by atoms with van der Waals surface area (Å²) in [5.74, 6) is 1.69. The van der Waals surface area contributed by atoms with Crippen LogP contribution in [-0.4, -0.2) is 31.6 Å². The van der Waals surface area contributed by atoms with Crippen LogP contribution in [-0.2, 0) is 7.05 Å². The van der Waals surface area contributed by atoms with Crippen LogP contribution in [0.4, 0.5) is 0 Å². The second-order valence-electron chi connectivity index (χ2n) is 7.17. The highest BCUT2D eigenvalue weighted by Gasteiger charge is 2.18. The monoisotopic (exact) mass is 381 g/mol. The number of fused-ring (bicyclic) bond motifs is 1. The normalized spacial score (nSPS) is 13.2. The van der Waals surface area contributed by atoms with Crippen molar-refractivity contribution in [1.29, 1.82) is 0 Å². The van der Waals surface area contributed by atoms with E-state index >= 15 is 0 Å². The molecule has 1 fully saturated rings. The van der Waals surface area contributed by atoms with Crippen molar-refractivity contribution in [3.05, 3.63) is 40.2 Å². The average Bonchev–Trinajstić information content (AvgIpc) is 3.51. The van der Waals surface area contributed by atoms with Gasteiger partial charge >= 0.3 is 0 Å². The van der Waals surface area contributed by atoms with Gasteiger partial charge in [-0.2, -0.15) is 0 Å². The van der Waals surface area contributed by atoms with Gasteiger partial charge in [-0.3, -0.25) is 9.36 Å². The first kappa shape index (κ1) is 19.9. The third-order valence-electron chi connectivity index (χ3n) is 4.93. The Morgan fingerprint density at radius 2 is 1.89 bits per heavy atom. The minimum absolute atomic E-state index is 0.165. The van der Waals surface area contributed by atoms with Crippen LogP contribution in [0.15, 0.2) is 23.3 Å². The first-order valence-electron chi connectivity index (χ1n) is 9.66. The highest BCUT2D eigenvalue weighted by Crippen LogP contribution is 2.33. The summed E-state index contributed by atoms with van der Waals surface area (Å²) in [6.45, 7) is 5.82. The van der Waals surface area contributed by atoms with Gasteiger partial charge in [0.15, 0.2) is 5.65 Å². The lowest BCUT2D eigenvalue weighted by molar-refractivity contribution is 0.397.